The first-order chi connectivity index (χ1) is 13.7. The average Bonchev–Trinajstić information content (AvgIpc) is 3.34. The van der Waals surface area contributed by atoms with Crippen LogP contribution in [0.4, 0.5) is 0 Å². The summed E-state index contributed by atoms with van der Waals surface area (Å²) in [6, 6.07) is 15.8. The molecule has 140 valence electrons. The van der Waals surface area contributed by atoms with Crippen LogP contribution in [-0.2, 0) is 13.0 Å². The number of aryl methyl sites for hydroxylation is 1. The Morgan fingerprint density at radius 1 is 1.11 bits per heavy atom. The minimum absolute atomic E-state index is 0.0325. The van der Waals surface area contributed by atoms with Crippen molar-refractivity contribution in [2.45, 2.75) is 25.9 Å². The Labute approximate surface area is 161 Å². The molecule has 0 aliphatic carbocycles. The van der Waals surface area contributed by atoms with Crippen molar-refractivity contribution in [3.05, 3.63) is 71.3 Å². The number of amides is 1. The Morgan fingerprint density at radius 2 is 1.93 bits per heavy atom. The van der Waals surface area contributed by atoms with E-state index in [-0.39, 0.29) is 11.9 Å². The molecule has 2 aromatic heterocycles. The summed E-state index contributed by atoms with van der Waals surface area (Å²) in [6.45, 7) is 3.02. The number of aromatic nitrogens is 6. The van der Waals surface area contributed by atoms with E-state index in [2.05, 4.69) is 42.3 Å². The van der Waals surface area contributed by atoms with Crippen LogP contribution < -0.4 is 0 Å². The Bertz CT molecular complexity index is 1150. The average molecular weight is 373 g/mol. The van der Waals surface area contributed by atoms with Gasteiger partial charge in [0.05, 0.1) is 12.6 Å². The molecule has 4 aromatic rings. The number of aromatic amines is 1. The van der Waals surface area contributed by atoms with Gasteiger partial charge in [-0.15, -0.1) is 10.2 Å². The molecule has 0 spiro atoms. The standard InChI is InChI=1S/C20H19N7O/c1-13-21-24-19-12-26(11-16(27(13)19)9-14-5-3-2-4-6-14)20(28)15-7-8-17-18(10-15)23-25-22-17/h2-8,10,16H,9,11-12H2,1H3,(H,22,23,25)/t16-/m1/s1. The summed E-state index contributed by atoms with van der Waals surface area (Å²) in [6.07, 6.45) is 0.818. The highest BCUT2D eigenvalue weighted by Crippen LogP contribution is 2.26. The highest BCUT2D eigenvalue weighted by molar-refractivity contribution is 5.97. The number of hydrogen-bond donors (Lipinski definition) is 1. The maximum Gasteiger partial charge on any atom is 0.254 e. The number of H-pyrrole nitrogens is 1. The molecule has 5 rings (SSSR count). The number of benzene rings is 2. The van der Waals surface area contributed by atoms with Crippen molar-refractivity contribution >= 4 is 16.9 Å². The van der Waals surface area contributed by atoms with Gasteiger partial charge in [-0.1, -0.05) is 30.3 Å². The molecule has 1 amide bonds. The number of nitrogens with zero attached hydrogens (tertiary/aromatic N) is 6. The van der Waals surface area contributed by atoms with E-state index in [0.29, 0.717) is 24.2 Å². The second-order valence-corrected chi connectivity index (χ2v) is 7.09. The van der Waals surface area contributed by atoms with Crippen molar-refractivity contribution in [1.82, 2.24) is 35.1 Å². The molecule has 0 saturated heterocycles. The van der Waals surface area contributed by atoms with Crippen molar-refractivity contribution in [3.63, 3.8) is 0 Å². The van der Waals surface area contributed by atoms with E-state index in [9.17, 15) is 4.79 Å². The number of carbonyl (C=O) groups is 1. The van der Waals surface area contributed by atoms with E-state index < -0.39 is 0 Å². The zero-order chi connectivity index (χ0) is 19.1. The van der Waals surface area contributed by atoms with Crippen LogP contribution in [0, 0.1) is 6.92 Å². The minimum Gasteiger partial charge on any atom is -0.329 e. The van der Waals surface area contributed by atoms with Crippen molar-refractivity contribution in [2.24, 2.45) is 0 Å². The molecule has 0 unspecified atom stereocenters. The molecule has 0 radical (unpaired) electrons. The number of carbonyl (C=O) groups excluding carboxylic acids is 1. The SMILES string of the molecule is Cc1nnc2n1[C@H](Cc1ccccc1)CN(C(=O)c1ccc3n[nH]nc3c1)C2. The fourth-order valence-electron chi connectivity index (χ4n) is 3.92. The van der Waals surface area contributed by atoms with Crippen LogP contribution in [0.5, 0.6) is 0 Å². The fraction of sp³-hybridized carbons (Fsp3) is 0.250. The normalized spacial score (nSPS) is 16.3. The van der Waals surface area contributed by atoms with Crippen LogP contribution in [0.1, 0.15) is 33.6 Å². The fourth-order valence-corrected chi connectivity index (χ4v) is 3.92. The van der Waals surface area contributed by atoms with Crippen LogP contribution in [0.15, 0.2) is 48.5 Å². The molecule has 0 bridgehead atoms. The summed E-state index contributed by atoms with van der Waals surface area (Å²) < 4.78 is 2.16. The van der Waals surface area contributed by atoms with E-state index in [1.54, 1.807) is 12.1 Å². The number of nitrogens with one attached hydrogen (secondary N) is 1. The van der Waals surface area contributed by atoms with E-state index in [1.807, 2.05) is 36.1 Å². The molecule has 2 aromatic carbocycles. The van der Waals surface area contributed by atoms with Crippen LogP contribution in [-0.4, -0.2) is 47.5 Å². The van der Waals surface area contributed by atoms with Crippen molar-refractivity contribution in [2.75, 3.05) is 6.54 Å². The van der Waals surface area contributed by atoms with Gasteiger partial charge in [-0.05, 0) is 37.1 Å². The first-order valence-electron chi connectivity index (χ1n) is 9.23. The molecule has 1 aliphatic heterocycles. The predicted octanol–water partition coefficient (Wildman–Crippen LogP) is 2.30. The van der Waals surface area contributed by atoms with Crippen LogP contribution in [0.25, 0.3) is 11.0 Å². The number of rotatable bonds is 3. The summed E-state index contributed by atoms with van der Waals surface area (Å²) in [4.78, 5) is 15.0. The second-order valence-electron chi connectivity index (χ2n) is 7.09. The molecular formula is C20H19N7O. The molecule has 3 heterocycles. The molecule has 1 atom stereocenters. The summed E-state index contributed by atoms with van der Waals surface area (Å²) in [5.41, 5.74) is 3.25. The topological polar surface area (TPSA) is 92.6 Å². The summed E-state index contributed by atoms with van der Waals surface area (Å²) in [5.74, 6) is 1.67. The third kappa shape index (κ3) is 2.83. The van der Waals surface area contributed by atoms with Crippen molar-refractivity contribution in [3.8, 4) is 0 Å². The summed E-state index contributed by atoms with van der Waals surface area (Å²) >= 11 is 0. The maximum absolute atomic E-state index is 13.2. The van der Waals surface area contributed by atoms with Crippen molar-refractivity contribution < 1.29 is 4.79 Å². The molecule has 28 heavy (non-hydrogen) atoms. The van der Waals surface area contributed by atoms with Gasteiger partial charge < -0.3 is 9.47 Å². The van der Waals surface area contributed by atoms with Gasteiger partial charge in [0, 0.05) is 12.1 Å². The van der Waals surface area contributed by atoms with Gasteiger partial charge in [-0.3, -0.25) is 4.79 Å². The lowest BCUT2D eigenvalue weighted by Gasteiger charge is -2.34. The largest absolute Gasteiger partial charge is 0.329 e. The third-order valence-electron chi connectivity index (χ3n) is 5.23. The van der Waals surface area contributed by atoms with Gasteiger partial charge >= 0.3 is 0 Å². The smallest absolute Gasteiger partial charge is 0.254 e. The molecule has 0 saturated carbocycles. The molecule has 0 fully saturated rings. The molecule has 1 N–H and O–H groups in total. The molecular weight excluding hydrogens is 354 g/mol. The lowest BCUT2D eigenvalue weighted by molar-refractivity contribution is 0.0672. The predicted molar refractivity (Wildman–Crippen MR) is 103 cm³/mol. The van der Waals surface area contributed by atoms with Crippen molar-refractivity contribution in [1.29, 1.82) is 0 Å². The quantitative estimate of drug-likeness (QED) is 0.595. The first-order valence-corrected chi connectivity index (χ1v) is 9.23. The Balaban J connectivity index is 1.46. The van der Waals surface area contributed by atoms with Gasteiger partial charge in [-0.25, -0.2) is 0 Å². The Kier molecular flexibility index (Phi) is 3.89. The summed E-state index contributed by atoms with van der Waals surface area (Å²) in [5, 5.41) is 19.3. The molecule has 1 aliphatic rings. The number of fused-ring (bicyclic) bond motifs is 2. The monoisotopic (exact) mass is 373 g/mol. The van der Waals surface area contributed by atoms with E-state index in [0.717, 1.165) is 23.6 Å². The zero-order valence-corrected chi connectivity index (χ0v) is 15.4. The third-order valence-corrected chi connectivity index (χ3v) is 5.23. The summed E-state index contributed by atoms with van der Waals surface area (Å²) in [7, 11) is 0. The lowest BCUT2D eigenvalue weighted by atomic mass is 10.0. The minimum atomic E-state index is -0.0325. The van der Waals surface area contributed by atoms with E-state index in [1.165, 1.54) is 5.56 Å². The number of hydrogen-bond acceptors (Lipinski definition) is 5. The van der Waals surface area contributed by atoms with Gasteiger partial charge in [0.15, 0.2) is 5.82 Å². The van der Waals surface area contributed by atoms with Gasteiger partial charge in [0.25, 0.3) is 5.91 Å². The zero-order valence-electron chi connectivity index (χ0n) is 15.4. The van der Waals surface area contributed by atoms with Gasteiger partial charge in [-0.2, -0.15) is 15.4 Å². The maximum atomic E-state index is 13.2. The highest BCUT2D eigenvalue weighted by Gasteiger charge is 2.31. The highest BCUT2D eigenvalue weighted by atomic mass is 16.2. The van der Waals surface area contributed by atoms with Gasteiger partial charge in [0.2, 0.25) is 0 Å². The second kappa shape index (κ2) is 6.56. The Morgan fingerprint density at radius 3 is 2.79 bits per heavy atom. The lowest BCUT2D eigenvalue weighted by Crippen LogP contribution is -2.42. The first kappa shape index (κ1) is 16.6. The molecule has 8 nitrogen and oxygen atoms in total. The Hall–Kier alpha value is -3.55. The molecule has 8 heteroatoms. The van der Waals surface area contributed by atoms with E-state index in [4.69, 9.17) is 0 Å². The van der Waals surface area contributed by atoms with E-state index >= 15 is 0 Å². The van der Waals surface area contributed by atoms with Crippen LogP contribution in [0.3, 0.4) is 0 Å². The van der Waals surface area contributed by atoms with Gasteiger partial charge in [0.1, 0.15) is 16.9 Å². The van der Waals surface area contributed by atoms with Crippen LogP contribution in [0.2, 0.25) is 0 Å². The van der Waals surface area contributed by atoms with Crippen LogP contribution >= 0.6 is 0 Å².